The molecule has 1 fully saturated rings. The summed E-state index contributed by atoms with van der Waals surface area (Å²) in [6.07, 6.45) is 4.07. The monoisotopic (exact) mass is 318 g/mol. The summed E-state index contributed by atoms with van der Waals surface area (Å²) in [4.78, 5) is 2.53. The number of nitrogens with one attached hydrogen (secondary N) is 1. The van der Waals surface area contributed by atoms with Gasteiger partial charge in [0.1, 0.15) is 9.84 Å². The molecule has 4 nitrogen and oxygen atoms in total. The molecule has 1 N–H and O–H groups in total. The van der Waals surface area contributed by atoms with E-state index < -0.39 is 9.84 Å². The fourth-order valence-corrected chi connectivity index (χ4v) is 4.00. The van der Waals surface area contributed by atoms with E-state index in [1.165, 1.54) is 0 Å². The highest BCUT2D eigenvalue weighted by Gasteiger charge is 2.42. The summed E-state index contributed by atoms with van der Waals surface area (Å²) in [6.45, 7) is 13.6. The fraction of sp³-hybridized carbons (Fsp3) is 1.00. The smallest absolute Gasteiger partial charge is 0.150 e. The van der Waals surface area contributed by atoms with Crippen LogP contribution in [0, 0.1) is 0 Å². The Kier molecular flexibility index (Phi) is 6.69. The average molecular weight is 319 g/mol. The minimum Gasteiger partial charge on any atom is -0.308 e. The average Bonchev–Trinajstić information content (AvgIpc) is 2.49. The molecule has 0 saturated carbocycles. The van der Waals surface area contributed by atoms with E-state index in [0.29, 0.717) is 5.75 Å². The van der Waals surface area contributed by atoms with Crippen molar-refractivity contribution in [2.45, 2.75) is 71.4 Å². The van der Waals surface area contributed by atoms with Crippen molar-refractivity contribution in [3.8, 4) is 0 Å². The van der Waals surface area contributed by atoms with Crippen molar-refractivity contribution in [1.82, 2.24) is 10.2 Å². The zero-order valence-electron chi connectivity index (χ0n) is 14.5. The molecule has 0 aromatic carbocycles. The lowest BCUT2D eigenvalue weighted by Gasteiger charge is -2.53. The van der Waals surface area contributed by atoms with Crippen LogP contribution in [0.25, 0.3) is 0 Å². The molecule has 1 rings (SSSR count). The Labute approximate surface area is 131 Å². The van der Waals surface area contributed by atoms with Crippen molar-refractivity contribution in [1.29, 1.82) is 0 Å². The lowest BCUT2D eigenvalue weighted by atomic mass is 9.83. The Hall–Kier alpha value is -0.130. The zero-order chi connectivity index (χ0) is 16.1. The van der Waals surface area contributed by atoms with Crippen molar-refractivity contribution in [3.05, 3.63) is 0 Å². The summed E-state index contributed by atoms with van der Waals surface area (Å²) in [5.74, 6) is 0.575. The van der Waals surface area contributed by atoms with Crippen LogP contribution in [0.4, 0.5) is 0 Å². The van der Waals surface area contributed by atoms with Crippen LogP contribution in [-0.2, 0) is 9.84 Å². The Balaban J connectivity index is 2.73. The van der Waals surface area contributed by atoms with Crippen molar-refractivity contribution < 1.29 is 8.42 Å². The summed E-state index contributed by atoms with van der Waals surface area (Å²) in [5.41, 5.74) is 0.335. The second-order valence-corrected chi connectivity index (χ2v) is 9.18. The SMILES string of the molecule is CCC1(CC)CN(CCCS(=O)(=O)CC)C(C)(CC)CN1. The van der Waals surface area contributed by atoms with Crippen molar-refractivity contribution in [3.63, 3.8) is 0 Å². The molecule has 1 unspecified atom stereocenters. The van der Waals surface area contributed by atoms with Gasteiger partial charge < -0.3 is 5.32 Å². The lowest BCUT2D eigenvalue weighted by molar-refractivity contribution is 0.00945. The van der Waals surface area contributed by atoms with E-state index in [4.69, 9.17) is 0 Å². The van der Waals surface area contributed by atoms with Gasteiger partial charge in [-0.15, -0.1) is 0 Å². The Morgan fingerprint density at radius 3 is 2.19 bits per heavy atom. The van der Waals surface area contributed by atoms with Crippen molar-refractivity contribution in [2.24, 2.45) is 0 Å². The quantitative estimate of drug-likeness (QED) is 0.747. The highest BCUT2D eigenvalue weighted by Crippen LogP contribution is 2.30. The van der Waals surface area contributed by atoms with Crippen LogP contribution in [0.3, 0.4) is 0 Å². The number of hydrogen-bond donors (Lipinski definition) is 1. The van der Waals surface area contributed by atoms with Gasteiger partial charge in [0.15, 0.2) is 0 Å². The normalized spacial score (nSPS) is 26.9. The van der Waals surface area contributed by atoms with Gasteiger partial charge >= 0.3 is 0 Å². The molecule has 21 heavy (non-hydrogen) atoms. The van der Waals surface area contributed by atoms with Crippen LogP contribution < -0.4 is 5.32 Å². The molecule has 0 radical (unpaired) electrons. The molecule has 0 aliphatic carbocycles. The summed E-state index contributed by atoms with van der Waals surface area (Å²) in [7, 11) is -2.85. The zero-order valence-corrected chi connectivity index (χ0v) is 15.4. The Bertz CT molecular complexity index is 418. The molecule has 1 atom stereocenters. The van der Waals surface area contributed by atoms with E-state index in [1.54, 1.807) is 6.92 Å². The van der Waals surface area contributed by atoms with Crippen LogP contribution in [0.2, 0.25) is 0 Å². The van der Waals surface area contributed by atoms with Crippen molar-refractivity contribution in [2.75, 3.05) is 31.1 Å². The first-order chi connectivity index (χ1) is 9.76. The predicted molar refractivity (Wildman–Crippen MR) is 90.5 cm³/mol. The molecule has 0 bridgehead atoms. The Morgan fingerprint density at radius 1 is 1.10 bits per heavy atom. The number of rotatable bonds is 8. The molecule has 1 saturated heterocycles. The van der Waals surface area contributed by atoms with E-state index >= 15 is 0 Å². The van der Waals surface area contributed by atoms with Crippen molar-refractivity contribution >= 4 is 9.84 Å². The van der Waals surface area contributed by atoms with E-state index in [1.807, 2.05) is 0 Å². The molecule has 1 heterocycles. The van der Waals surface area contributed by atoms with Crippen LogP contribution in [-0.4, -0.2) is 55.5 Å². The number of hydrogen-bond acceptors (Lipinski definition) is 4. The van der Waals surface area contributed by atoms with Gasteiger partial charge in [0, 0.05) is 29.9 Å². The first-order valence-corrected chi connectivity index (χ1v) is 10.3. The van der Waals surface area contributed by atoms with Gasteiger partial charge in [0.2, 0.25) is 0 Å². The fourth-order valence-electron chi connectivity index (χ4n) is 3.14. The molecule has 1 aliphatic rings. The van der Waals surface area contributed by atoms with Crippen LogP contribution in [0.1, 0.15) is 60.3 Å². The van der Waals surface area contributed by atoms with Crippen LogP contribution in [0.15, 0.2) is 0 Å². The summed E-state index contributed by atoms with van der Waals surface area (Å²) < 4.78 is 23.4. The predicted octanol–water partition coefficient (Wildman–Crippen LogP) is 2.44. The second kappa shape index (κ2) is 7.42. The van der Waals surface area contributed by atoms with E-state index in [0.717, 1.165) is 45.3 Å². The lowest BCUT2D eigenvalue weighted by Crippen LogP contribution is -2.68. The third-order valence-electron chi connectivity index (χ3n) is 5.54. The van der Waals surface area contributed by atoms with Crippen LogP contribution in [0.5, 0.6) is 0 Å². The minimum absolute atomic E-state index is 0.143. The maximum Gasteiger partial charge on any atom is 0.150 e. The van der Waals surface area contributed by atoms with Gasteiger partial charge in [0.05, 0.1) is 5.75 Å². The summed E-state index contributed by atoms with van der Waals surface area (Å²) >= 11 is 0. The number of sulfone groups is 1. The van der Waals surface area contributed by atoms with Gasteiger partial charge in [-0.2, -0.15) is 0 Å². The maximum atomic E-state index is 11.7. The maximum absolute atomic E-state index is 11.7. The second-order valence-electron chi connectivity index (χ2n) is 6.70. The Morgan fingerprint density at radius 2 is 1.71 bits per heavy atom. The highest BCUT2D eigenvalue weighted by molar-refractivity contribution is 7.91. The first-order valence-electron chi connectivity index (χ1n) is 8.47. The third-order valence-corrected chi connectivity index (χ3v) is 7.33. The topological polar surface area (TPSA) is 49.4 Å². The summed E-state index contributed by atoms with van der Waals surface area (Å²) in [6, 6.07) is 0. The number of piperazine rings is 1. The highest BCUT2D eigenvalue weighted by atomic mass is 32.2. The molecule has 1 aliphatic heterocycles. The molecule has 0 aromatic rings. The van der Waals surface area contributed by atoms with Gasteiger partial charge in [-0.05, 0) is 39.2 Å². The molecule has 0 aromatic heterocycles. The molecule has 0 amide bonds. The van der Waals surface area contributed by atoms with Gasteiger partial charge in [-0.3, -0.25) is 4.90 Å². The number of nitrogens with zero attached hydrogens (tertiary/aromatic N) is 1. The molecular weight excluding hydrogens is 284 g/mol. The molecule has 5 heteroatoms. The standard InChI is InChI=1S/C16H34N2O2S/c1-6-15(5)13-17-16(7-2,8-3)14-18(15)11-10-12-21(19,20)9-4/h17H,6-14H2,1-5H3. The van der Waals surface area contributed by atoms with E-state index in [2.05, 4.69) is 37.9 Å². The molecular formula is C16H34N2O2S. The van der Waals surface area contributed by atoms with Gasteiger partial charge in [-0.1, -0.05) is 27.7 Å². The third kappa shape index (κ3) is 4.67. The largest absolute Gasteiger partial charge is 0.308 e. The molecule has 0 spiro atoms. The van der Waals surface area contributed by atoms with Gasteiger partial charge in [0.25, 0.3) is 0 Å². The summed E-state index contributed by atoms with van der Waals surface area (Å²) in [5, 5.41) is 3.76. The van der Waals surface area contributed by atoms with E-state index in [-0.39, 0.29) is 16.8 Å². The van der Waals surface area contributed by atoms with Crippen LogP contribution >= 0.6 is 0 Å². The van der Waals surface area contributed by atoms with E-state index in [9.17, 15) is 8.42 Å². The molecule has 126 valence electrons. The minimum atomic E-state index is -2.85. The first kappa shape index (κ1) is 18.9. The van der Waals surface area contributed by atoms with Gasteiger partial charge in [-0.25, -0.2) is 8.42 Å².